The first-order valence-corrected chi connectivity index (χ1v) is 9.26. The Morgan fingerprint density at radius 1 is 1.33 bits per heavy atom. The van der Waals surface area contributed by atoms with Crippen LogP contribution in [0.1, 0.15) is 30.9 Å². The van der Waals surface area contributed by atoms with Crippen LogP contribution in [0.15, 0.2) is 24.3 Å². The fourth-order valence-corrected chi connectivity index (χ4v) is 3.92. The highest BCUT2D eigenvalue weighted by atomic mass is 16.5. The van der Waals surface area contributed by atoms with E-state index in [9.17, 15) is 14.7 Å². The summed E-state index contributed by atoms with van der Waals surface area (Å²) in [6.07, 6.45) is 0. The van der Waals surface area contributed by atoms with E-state index < -0.39 is 0 Å². The van der Waals surface area contributed by atoms with Crippen LogP contribution in [0.25, 0.3) is 0 Å². The lowest BCUT2D eigenvalue weighted by molar-refractivity contribution is -0.168. The summed E-state index contributed by atoms with van der Waals surface area (Å²) in [4.78, 5) is 27.9. The number of hydrogen-bond donors (Lipinski definition) is 1. The van der Waals surface area contributed by atoms with Crippen LogP contribution in [0.2, 0.25) is 0 Å². The fraction of sp³-hybridized carbons (Fsp3) is 0.524. The zero-order chi connectivity index (χ0) is 19.6. The highest BCUT2D eigenvalue weighted by Crippen LogP contribution is 2.42. The molecule has 0 aromatic heterocycles. The van der Waals surface area contributed by atoms with Crippen LogP contribution < -0.4 is 0 Å². The lowest BCUT2D eigenvalue weighted by Gasteiger charge is -2.58. The summed E-state index contributed by atoms with van der Waals surface area (Å²) < 4.78 is 4.91. The van der Waals surface area contributed by atoms with Gasteiger partial charge in [-0.05, 0) is 17.7 Å². The molecule has 2 saturated heterocycles. The minimum Gasteiger partial charge on any atom is -0.394 e. The molecule has 3 rings (SSSR count). The maximum Gasteiger partial charge on any atom is 0.249 e. The Labute approximate surface area is 160 Å². The molecule has 27 heavy (non-hydrogen) atoms. The van der Waals surface area contributed by atoms with Crippen LogP contribution in [0.4, 0.5) is 0 Å². The maximum atomic E-state index is 12.5. The number of nitrogens with zero attached hydrogens (tertiary/aromatic N) is 2. The molecular formula is C21H26N2O4. The summed E-state index contributed by atoms with van der Waals surface area (Å²) in [5.41, 5.74) is 2.00. The highest BCUT2D eigenvalue weighted by molar-refractivity contribution is 5.88. The number of hydrogen-bond acceptors (Lipinski definition) is 4. The second kappa shape index (κ2) is 8.12. The van der Waals surface area contributed by atoms with Gasteiger partial charge in [0.05, 0.1) is 25.2 Å². The first-order valence-electron chi connectivity index (χ1n) is 9.26. The molecule has 2 heterocycles. The maximum absolute atomic E-state index is 12.5. The van der Waals surface area contributed by atoms with E-state index >= 15 is 0 Å². The summed E-state index contributed by atoms with van der Waals surface area (Å²) in [5, 5.41) is 9.82. The number of aliphatic hydroxyl groups excluding tert-OH is 1. The Bertz CT molecular complexity index is 763. The molecule has 1 N–H and O–H groups in total. The van der Waals surface area contributed by atoms with Crippen LogP contribution in [0.5, 0.6) is 0 Å². The van der Waals surface area contributed by atoms with Gasteiger partial charge in [0.1, 0.15) is 6.61 Å². The van der Waals surface area contributed by atoms with Crippen molar-refractivity contribution in [3.63, 3.8) is 0 Å². The molecule has 2 aliphatic heterocycles. The van der Waals surface area contributed by atoms with Crippen molar-refractivity contribution in [1.29, 1.82) is 0 Å². The van der Waals surface area contributed by atoms with Gasteiger partial charge in [0, 0.05) is 31.1 Å². The predicted molar refractivity (Wildman–Crippen MR) is 101 cm³/mol. The number of piperazine rings is 1. The molecule has 2 amide bonds. The summed E-state index contributed by atoms with van der Waals surface area (Å²) in [6.45, 7) is 4.49. The molecule has 1 aromatic carbocycles. The zero-order valence-corrected chi connectivity index (χ0v) is 16.0. The van der Waals surface area contributed by atoms with Gasteiger partial charge in [0.15, 0.2) is 0 Å². The van der Waals surface area contributed by atoms with Gasteiger partial charge in [0.25, 0.3) is 0 Å². The number of carbonyl (C=O) groups excluding carboxylic acids is 2. The minimum absolute atomic E-state index is 0.00389. The fourth-order valence-electron chi connectivity index (χ4n) is 3.92. The Morgan fingerprint density at radius 3 is 2.63 bits per heavy atom. The van der Waals surface area contributed by atoms with Crippen LogP contribution in [0, 0.1) is 17.8 Å². The van der Waals surface area contributed by atoms with E-state index in [0.29, 0.717) is 12.5 Å². The van der Waals surface area contributed by atoms with E-state index in [-0.39, 0.29) is 49.6 Å². The molecule has 144 valence electrons. The third-order valence-corrected chi connectivity index (χ3v) is 5.17. The van der Waals surface area contributed by atoms with Crippen molar-refractivity contribution in [1.82, 2.24) is 9.80 Å². The van der Waals surface area contributed by atoms with E-state index in [2.05, 4.69) is 11.8 Å². The highest BCUT2D eigenvalue weighted by Gasteiger charge is 2.54. The van der Waals surface area contributed by atoms with Crippen molar-refractivity contribution in [3.05, 3.63) is 35.4 Å². The van der Waals surface area contributed by atoms with Gasteiger partial charge in [-0.2, -0.15) is 0 Å². The van der Waals surface area contributed by atoms with Gasteiger partial charge in [-0.3, -0.25) is 9.59 Å². The van der Waals surface area contributed by atoms with E-state index in [0.717, 1.165) is 11.1 Å². The van der Waals surface area contributed by atoms with Crippen molar-refractivity contribution in [3.8, 4) is 11.8 Å². The van der Waals surface area contributed by atoms with E-state index in [4.69, 9.17) is 4.74 Å². The van der Waals surface area contributed by atoms with Gasteiger partial charge in [0.2, 0.25) is 11.8 Å². The lowest BCUT2D eigenvalue weighted by Crippen LogP contribution is -2.73. The Kier molecular flexibility index (Phi) is 5.83. The van der Waals surface area contributed by atoms with Gasteiger partial charge in [-0.15, -0.1) is 0 Å². The van der Waals surface area contributed by atoms with Crippen LogP contribution >= 0.6 is 0 Å². The van der Waals surface area contributed by atoms with Crippen molar-refractivity contribution < 1.29 is 19.4 Å². The number of amides is 2. The molecule has 2 fully saturated rings. The summed E-state index contributed by atoms with van der Waals surface area (Å²) in [7, 11) is 1.47. The molecule has 6 heteroatoms. The smallest absolute Gasteiger partial charge is 0.249 e. The SMILES string of the molecule is COCC(=O)N1CC(=O)N2[C@H](C1)[C@@H](c1ccc(C#CC(C)C)cc1)[C@@H]2CO. The van der Waals surface area contributed by atoms with Crippen LogP contribution in [-0.4, -0.2) is 72.2 Å². The average Bonchev–Trinajstić information content (AvgIpc) is 2.62. The predicted octanol–water partition coefficient (Wildman–Crippen LogP) is 0.838. The number of methoxy groups -OCH3 is 1. The topological polar surface area (TPSA) is 70.1 Å². The molecule has 0 bridgehead atoms. The van der Waals surface area contributed by atoms with E-state index in [1.807, 2.05) is 38.1 Å². The monoisotopic (exact) mass is 370 g/mol. The normalized spacial score (nSPS) is 24.2. The second-order valence-electron chi connectivity index (χ2n) is 7.40. The van der Waals surface area contributed by atoms with Crippen molar-refractivity contribution in [2.75, 3.05) is 33.4 Å². The summed E-state index contributed by atoms with van der Waals surface area (Å²) >= 11 is 0. The number of aliphatic hydroxyl groups is 1. The van der Waals surface area contributed by atoms with Crippen molar-refractivity contribution >= 4 is 11.8 Å². The van der Waals surface area contributed by atoms with Gasteiger partial charge in [-0.25, -0.2) is 0 Å². The Hall–Kier alpha value is -2.36. The van der Waals surface area contributed by atoms with Gasteiger partial charge < -0.3 is 19.6 Å². The van der Waals surface area contributed by atoms with Crippen molar-refractivity contribution in [2.24, 2.45) is 5.92 Å². The molecule has 1 aromatic rings. The summed E-state index contributed by atoms with van der Waals surface area (Å²) in [6, 6.07) is 7.61. The van der Waals surface area contributed by atoms with Crippen molar-refractivity contribution in [2.45, 2.75) is 31.8 Å². The molecule has 0 saturated carbocycles. The molecule has 0 aliphatic carbocycles. The molecule has 0 unspecified atom stereocenters. The standard InChI is InChI=1S/C21H26N2O4/c1-14(2)4-5-15-6-8-16(9-7-15)21-17-10-22(20(26)13-27-3)11-19(25)23(17)18(21)12-24/h6-9,14,17-18,21,24H,10-13H2,1-3H3/t17-,18+,21-/m1/s1. The first-order chi connectivity index (χ1) is 13.0. The minimum atomic E-state index is -0.241. The average molecular weight is 370 g/mol. The molecule has 2 aliphatic rings. The third kappa shape index (κ3) is 3.85. The third-order valence-electron chi connectivity index (χ3n) is 5.17. The number of benzene rings is 1. The zero-order valence-electron chi connectivity index (χ0n) is 16.0. The molecular weight excluding hydrogens is 344 g/mol. The number of ether oxygens (including phenoxy) is 1. The van der Waals surface area contributed by atoms with E-state index in [1.165, 1.54) is 7.11 Å². The summed E-state index contributed by atoms with van der Waals surface area (Å²) in [5.74, 6) is 6.29. The lowest BCUT2D eigenvalue weighted by atomic mass is 9.73. The van der Waals surface area contributed by atoms with Crippen LogP contribution in [0.3, 0.4) is 0 Å². The van der Waals surface area contributed by atoms with Crippen LogP contribution in [-0.2, 0) is 14.3 Å². The molecule has 0 radical (unpaired) electrons. The molecule has 3 atom stereocenters. The number of carbonyl (C=O) groups is 2. The largest absolute Gasteiger partial charge is 0.394 e. The molecule has 0 spiro atoms. The Morgan fingerprint density at radius 2 is 2.04 bits per heavy atom. The quantitative estimate of drug-likeness (QED) is 0.798. The number of rotatable bonds is 4. The van der Waals surface area contributed by atoms with E-state index in [1.54, 1.807) is 9.80 Å². The second-order valence-corrected chi connectivity index (χ2v) is 7.40. The van der Waals surface area contributed by atoms with Gasteiger partial charge >= 0.3 is 0 Å². The first kappa shape index (κ1) is 19.4. The molecule has 6 nitrogen and oxygen atoms in total. The number of fused-ring (bicyclic) bond motifs is 1. The Balaban J connectivity index is 1.79. The van der Waals surface area contributed by atoms with Gasteiger partial charge in [-0.1, -0.05) is 37.8 Å².